The Kier molecular flexibility index (Phi) is 4.17. The molecule has 100 valence electrons. The van der Waals surface area contributed by atoms with Crippen LogP contribution in [0.1, 0.15) is 5.56 Å². The van der Waals surface area contributed by atoms with Crippen molar-refractivity contribution in [2.24, 2.45) is 0 Å². The van der Waals surface area contributed by atoms with Crippen molar-refractivity contribution in [3.8, 4) is 11.5 Å². The summed E-state index contributed by atoms with van der Waals surface area (Å²) in [5.74, 6) is 1.03. The van der Waals surface area contributed by atoms with E-state index in [9.17, 15) is 5.11 Å². The van der Waals surface area contributed by atoms with Crippen molar-refractivity contribution in [3.05, 3.63) is 53.1 Å². The second-order valence-electron chi connectivity index (χ2n) is 4.29. The zero-order chi connectivity index (χ0) is 13.8. The maximum Gasteiger partial charge on any atom is 0.122 e. The van der Waals surface area contributed by atoms with Gasteiger partial charge in [-0.3, -0.25) is 0 Å². The molecule has 0 unspecified atom stereocenters. The Hall–Kier alpha value is -1.87. The summed E-state index contributed by atoms with van der Waals surface area (Å²) >= 11 is 6.10. The van der Waals surface area contributed by atoms with Crippen molar-refractivity contribution < 1.29 is 9.84 Å². The molecule has 0 saturated carbocycles. The third kappa shape index (κ3) is 3.12. The molecule has 0 aliphatic carbocycles. The lowest BCUT2D eigenvalue weighted by atomic mass is 10.1. The van der Waals surface area contributed by atoms with Crippen molar-refractivity contribution in [1.29, 1.82) is 0 Å². The quantitative estimate of drug-likeness (QED) is 0.925. The van der Waals surface area contributed by atoms with Crippen LogP contribution in [0.4, 0.5) is 5.69 Å². The fourth-order valence-electron chi connectivity index (χ4n) is 1.87. The first-order valence-corrected chi connectivity index (χ1v) is 6.31. The number of nitrogens with zero attached hydrogens (tertiary/aromatic N) is 1. The zero-order valence-corrected chi connectivity index (χ0v) is 11.7. The molecule has 2 aromatic rings. The van der Waals surface area contributed by atoms with Gasteiger partial charge in [-0.1, -0.05) is 17.7 Å². The first-order valence-electron chi connectivity index (χ1n) is 5.93. The van der Waals surface area contributed by atoms with Gasteiger partial charge in [-0.2, -0.15) is 0 Å². The predicted octanol–water partition coefficient (Wildman–Crippen LogP) is 3.69. The van der Waals surface area contributed by atoms with E-state index in [1.807, 2.05) is 36.2 Å². The molecule has 0 amide bonds. The Labute approximate surface area is 118 Å². The van der Waals surface area contributed by atoms with Crippen molar-refractivity contribution in [3.63, 3.8) is 0 Å². The van der Waals surface area contributed by atoms with E-state index in [1.165, 1.54) is 0 Å². The summed E-state index contributed by atoms with van der Waals surface area (Å²) in [5, 5.41) is 10.4. The molecule has 0 saturated heterocycles. The van der Waals surface area contributed by atoms with Gasteiger partial charge in [-0.25, -0.2) is 0 Å². The highest BCUT2D eigenvalue weighted by molar-refractivity contribution is 6.31. The minimum Gasteiger partial charge on any atom is -0.508 e. The fraction of sp³-hybridized carbons (Fsp3) is 0.200. The first kappa shape index (κ1) is 13.6. The number of aromatic hydroxyl groups is 1. The molecule has 2 rings (SSSR count). The summed E-state index contributed by atoms with van der Waals surface area (Å²) in [6.45, 7) is 0.540. The highest BCUT2D eigenvalue weighted by Gasteiger charge is 2.09. The van der Waals surface area contributed by atoms with Crippen molar-refractivity contribution in [2.75, 3.05) is 19.1 Å². The van der Waals surface area contributed by atoms with Crippen LogP contribution in [-0.2, 0) is 6.54 Å². The van der Waals surface area contributed by atoms with Gasteiger partial charge in [0.2, 0.25) is 0 Å². The SMILES string of the molecule is COc1ccc(N(C)Cc2c(O)cccc2Cl)cc1. The van der Waals surface area contributed by atoms with Crippen LogP contribution < -0.4 is 9.64 Å². The number of hydrogen-bond donors (Lipinski definition) is 1. The number of phenols is 1. The molecule has 0 fully saturated rings. The number of methoxy groups -OCH3 is 1. The van der Waals surface area contributed by atoms with E-state index < -0.39 is 0 Å². The van der Waals surface area contributed by atoms with Crippen molar-refractivity contribution in [2.45, 2.75) is 6.54 Å². The van der Waals surface area contributed by atoms with Gasteiger partial charge in [-0.05, 0) is 36.4 Å². The molecule has 0 heterocycles. The molecule has 0 atom stereocenters. The summed E-state index contributed by atoms with van der Waals surface area (Å²) in [7, 11) is 3.59. The Morgan fingerprint density at radius 3 is 2.42 bits per heavy atom. The van der Waals surface area contributed by atoms with Crippen LogP contribution >= 0.6 is 11.6 Å². The van der Waals surface area contributed by atoms with E-state index in [4.69, 9.17) is 16.3 Å². The van der Waals surface area contributed by atoms with Crippen LogP contribution in [0, 0.1) is 0 Å². The van der Waals surface area contributed by atoms with Crippen LogP contribution in [-0.4, -0.2) is 19.3 Å². The molecule has 0 radical (unpaired) electrons. The lowest BCUT2D eigenvalue weighted by Crippen LogP contribution is -2.16. The maximum absolute atomic E-state index is 9.84. The van der Waals surface area contributed by atoms with E-state index in [0.717, 1.165) is 17.0 Å². The Balaban J connectivity index is 2.18. The summed E-state index contributed by atoms with van der Waals surface area (Å²) in [5.41, 5.74) is 1.75. The molecular formula is C15H16ClNO2. The van der Waals surface area contributed by atoms with E-state index in [1.54, 1.807) is 25.3 Å². The largest absolute Gasteiger partial charge is 0.508 e. The van der Waals surface area contributed by atoms with Gasteiger partial charge in [0, 0.05) is 29.9 Å². The number of hydrogen-bond acceptors (Lipinski definition) is 3. The second kappa shape index (κ2) is 5.85. The van der Waals surface area contributed by atoms with Crippen LogP contribution in [0.5, 0.6) is 11.5 Å². The van der Waals surface area contributed by atoms with Crippen LogP contribution in [0.2, 0.25) is 5.02 Å². The molecule has 19 heavy (non-hydrogen) atoms. The average molecular weight is 278 g/mol. The molecule has 2 aromatic carbocycles. The minimum atomic E-state index is 0.216. The molecule has 1 N–H and O–H groups in total. The summed E-state index contributed by atoms with van der Waals surface area (Å²) in [6.07, 6.45) is 0. The van der Waals surface area contributed by atoms with Crippen LogP contribution in [0.3, 0.4) is 0 Å². The summed E-state index contributed by atoms with van der Waals surface area (Å²) < 4.78 is 5.13. The second-order valence-corrected chi connectivity index (χ2v) is 4.70. The van der Waals surface area contributed by atoms with E-state index in [0.29, 0.717) is 11.6 Å². The topological polar surface area (TPSA) is 32.7 Å². The maximum atomic E-state index is 9.84. The predicted molar refractivity (Wildman–Crippen MR) is 78.2 cm³/mol. The molecule has 0 bridgehead atoms. The van der Waals surface area contributed by atoms with Gasteiger partial charge in [0.05, 0.1) is 7.11 Å². The van der Waals surface area contributed by atoms with Gasteiger partial charge in [-0.15, -0.1) is 0 Å². The van der Waals surface area contributed by atoms with Gasteiger partial charge in [0.1, 0.15) is 11.5 Å². The van der Waals surface area contributed by atoms with E-state index in [2.05, 4.69) is 0 Å². The molecule has 0 aromatic heterocycles. The number of halogens is 1. The number of rotatable bonds is 4. The van der Waals surface area contributed by atoms with Crippen LogP contribution in [0.15, 0.2) is 42.5 Å². The van der Waals surface area contributed by atoms with Crippen molar-refractivity contribution >= 4 is 17.3 Å². The smallest absolute Gasteiger partial charge is 0.122 e. The molecule has 3 nitrogen and oxygen atoms in total. The molecule has 0 aliphatic rings. The average Bonchev–Trinajstić information content (AvgIpc) is 2.43. The Morgan fingerprint density at radius 2 is 1.84 bits per heavy atom. The molecular weight excluding hydrogens is 262 g/mol. The minimum absolute atomic E-state index is 0.216. The third-order valence-electron chi connectivity index (χ3n) is 3.00. The number of benzene rings is 2. The van der Waals surface area contributed by atoms with Gasteiger partial charge in [0.25, 0.3) is 0 Å². The van der Waals surface area contributed by atoms with Crippen LogP contribution in [0.25, 0.3) is 0 Å². The summed E-state index contributed by atoms with van der Waals surface area (Å²) in [6, 6.07) is 12.9. The lowest BCUT2D eigenvalue weighted by Gasteiger charge is -2.21. The monoisotopic (exact) mass is 277 g/mol. The standard InChI is InChI=1S/C15H16ClNO2/c1-17(11-6-8-12(19-2)9-7-11)10-13-14(16)4-3-5-15(13)18/h3-9,18H,10H2,1-2H3. The number of anilines is 1. The van der Waals surface area contributed by atoms with E-state index in [-0.39, 0.29) is 5.75 Å². The summed E-state index contributed by atoms with van der Waals surface area (Å²) in [4.78, 5) is 2.01. The first-order chi connectivity index (χ1) is 9.11. The highest BCUT2D eigenvalue weighted by Crippen LogP contribution is 2.28. The molecule has 0 spiro atoms. The molecule has 0 aliphatic heterocycles. The van der Waals surface area contributed by atoms with Gasteiger partial charge in [0.15, 0.2) is 0 Å². The third-order valence-corrected chi connectivity index (χ3v) is 3.36. The highest BCUT2D eigenvalue weighted by atomic mass is 35.5. The van der Waals surface area contributed by atoms with E-state index >= 15 is 0 Å². The van der Waals surface area contributed by atoms with Gasteiger partial charge < -0.3 is 14.7 Å². The fourth-order valence-corrected chi connectivity index (χ4v) is 2.10. The Bertz CT molecular complexity index is 534. The zero-order valence-electron chi connectivity index (χ0n) is 10.9. The number of phenolic OH excluding ortho intramolecular Hbond substituents is 1. The normalized spacial score (nSPS) is 10.3. The number of ether oxygens (including phenoxy) is 1. The Morgan fingerprint density at radius 1 is 1.16 bits per heavy atom. The van der Waals surface area contributed by atoms with Crippen molar-refractivity contribution in [1.82, 2.24) is 0 Å². The van der Waals surface area contributed by atoms with Gasteiger partial charge >= 0.3 is 0 Å². The lowest BCUT2D eigenvalue weighted by molar-refractivity contribution is 0.415. The molecule has 4 heteroatoms.